The van der Waals surface area contributed by atoms with Crippen molar-refractivity contribution >= 4 is 5.91 Å². The van der Waals surface area contributed by atoms with Crippen LogP contribution in [0.15, 0.2) is 12.2 Å². The Kier molecular flexibility index (Phi) is 46.3. The molecule has 9 nitrogen and oxygen atoms in total. The molecule has 0 spiro atoms. The van der Waals surface area contributed by atoms with Crippen molar-refractivity contribution < 1.29 is 39.8 Å². The number of hydrogen-bond acceptors (Lipinski definition) is 8. The van der Waals surface area contributed by atoms with Gasteiger partial charge in [0.05, 0.1) is 25.4 Å². The van der Waals surface area contributed by atoms with Gasteiger partial charge in [-0.3, -0.25) is 4.79 Å². The Balaban J connectivity index is 2.13. The van der Waals surface area contributed by atoms with Gasteiger partial charge >= 0.3 is 0 Å². The third-order valence-electron chi connectivity index (χ3n) is 14.4. The molecule has 1 aliphatic heterocycles. The summed E-state index contributed by atoms with van der Waals surface area (Å²) in [6, 6.07) is -0.799. The maximum Gasteiger partial charge on any atom is 0.220 e. The topological polar surface area (TPSA) is 149 Å². The second-order valence-corrected chi connectivity index (χ2v) is 20.8. The minimum atomic E-state index is -1.56. The van der Waals surface area contributed by atoms with Crippen LogP contribution < -0.4 is 5.32 Å². The minimum absolute atomic E-state index is 0.172. The lowest BCUT2D eigenvalue weighted by molar-refractivity contribution is -0.302. The molecule has 1 heterocycles. The first kappa shape index (κ1) is 63.9. The zero-order valence-corrected chi connectivity index (χ0v) is 44.2. The van der Waals surface area contributed by atoms with E-state index in [-0.39, 0.29) is 12.5 Å². The van der Waals surface area contributed by atoms with Gasteiger partial charge < -0.3 is 40.3 Å². The second kappa shape index (κ2) is 48.6. The molecule has 398 valence electrons. The Morgan fingerprint density at radius 2 is 0.821 bits per heavy atom. The molecule has 7 atom stereocenters. The van der Waals surface area contributed by atoms with Crippen molar-refractivity contribution in [2.45, 2.75) is 339 Å². The summed E-state index contributed by atoms with van der Waals surface area (Å²) in [5.74, 6) is -0.172. The monoisotopic (exact) mass is 952 g/mol. The van der Waals surface area contributed by atoms with Crippen molar-refractivity contribution in [1.29, 1.82) is 0 Å². The molecule has 67 heavy (non-hydrogen) atoms. The normalized spacial score (nSPS) is 19.7. The summed E-state index contributed by atoms with van der Waals surface area (Å²) in [4.78, 5) is 13.0. The van der Waals surface area contributed by atoms with Crippen molar-refractivity contribution in [3.8, 4) is 0 Å². The molecular weight excluding hydrogens is 839 g/mol. The molecule has 0 radical (unpaired) electrons. The number of amides is 1. The molecular formula is C58H113NO8. The molecule has 1 fully saturated rings. The van der Waals surface area contributed by atoms with Crippen LogP contribution in [-0.4, -0.2) is 87.5 Å². The van der Waals surface area contributed by atoms with E-state index in [1.54, 1.807) is 6.08 Å². The quantitative estimate of drug-likeness (QED) is 0.0261. The first-order chi connectivity index (χ1) is 32.8. The molecule has 1 saturated heterocycles. The van der Waals surface area contributed by atoms with Crippen molar-refractivity contribution in [3.05, 3.63) is 12.2 Å². The Hall–Kier alpha value is -1.07. The maximum atomic E-state index is 13.0. The van der Waals surface area contributed by atoms with E-state index in [1.165, 1.54) is 238 Å². The van der Waals surface area contributed by atoms with E-state index in [0.29, 0.717) is 6.42 Å². The van der Waals surface area contributed by atoms with Crippen LogP contribution in [0.3, 0.4) is 0 Å². The molecule has 0 bridgehead atoms. The first-order valence-electron chi connectivity index (χ1n) is 29.4. The molecule has 0 aliphatic carbocycles. The average Bonchev–Trinajstić information content (AvgIpc) is 3.33. The zero-order valence-electron chi connectivity index (χ0n) is 44.2. The molecule has 6 N–H and O–H groups in total. The molecule has 0 aromatic rings. The van der Waals surface area contributed by atoms with Crippen LogP contribution in [0.4, 0.5) is 0 Å². The van der Waals surface area contributed by atoms with Gasteiger partial charge in [0.2, 0.25) is 5.91 Å². The highest BCUT2D eigenvalue weighted by atomic mass is 16.7. The van der Waals surface area contributed by atoms with Crippen LogP contribution in [0.2, 0.25) is 0 Å². The highest BCUT2D eigenvalue weighted by Gasteiger charge is 2.44. The SMILES string of the molecule is CCCCCCCCCCCCCCCCCCCCCCCCCCCCCCC/C=C/C(O)C(COC1OC(CO)C(O)C(O)C1O)NC(=O)CCCCCCCCCCCCCCC. The predicted octanol–water partition coefficient (Wildman–Crippen LogP) is 14.4. The number of aliphatic hydroxyl groups is 5. The number of carbonyl (C=O) groups is 1. The smallest absolute Gasteiger partial charge is 0.220 e. The lowest BCUT2D eigenvalue weighted by Crippen LogP contribution is -2.60. The largest absolute Gasteiger partial charge is 0.394 e. The van der Waals surface area contributed by atoms with E-state index in [4.69, 9.17) is 9.47 Å². The molecule has 0 aromatic heterocycles. The van der Waals surface area contributed by atoms with Crippen LogP contribution >= 0.6 is 0 Å². The summed E-state index contributed by atoms with van der Waals surface area (Å²) in [5, 5.41) is 54.4. The number of rotatable bonds is 51. The summed E-state index contributed by atoms with van der Waals surface area (Å²) in [5.41, 5.74) is 0. The summed E-state index contributed by atoms with van der Waals surface area (Å²) in [6.07, 6.45) is 53.0. The summed E-state index contributed by atoms with van der Waals surface area (Å²) < 4.78 is 11.3. The van der Waals surface area contributed by atoms with Gasteiger partial charge in [-0.15, -0.1) is 0 Å². The van der Waals surface area contributed by atoms with Crippen LogP contribution in [0.1, 0.15) is 296 Å². The van der Waals surface area contributed by atoms with E-state index in [0.717, 1.165) is 38.5 Å². The molecule has 7 unspecified atom stereocenters. The minimum Gasteiger partial charge on any atom is -0.394 e. The number of aliphatic hydroxyl groups excluding tert-OH is 5. The molecule has 9 heteroatoms. The highest BCUT2D eigenvalue weighted by Crippen LogP contribution is 2.23. The average molecular weight is 953 g/mol. The Bertz CT molecular complexity index is 1060. The Morgan fingerprint density at radius 1 is 0.493 bits per heavy atom. The van der Waals surface area contributed by atoms with E-state index < -0.39 is 49.5 Å². The van der Waals surface area contributed by atoms with Crippen molar-refractivity contribution in [2.24, 2.45) is 0 Å². The van der Waals surface area contributed by atoms with Crippen LogP contribution in [0.5, 0.6) is 0 Å². The van der Waals surface area contributed by atoms with Crippen LogP contribution in [0, 0.1) is 0 Å². The van der Waals surface area contributed by atoms with Gasteiger partial charge in [-0.2, -0.15) is 0 Å². The molecule has 1 amide bonds. The van der Waals surface area contributed by atoms with Crippen LogP contribution in [0.25, 0.3) is 0 Å². The van der Waals surface area contributed by atoms with Gasteiger partial charge in [-0.25, -0.2) is 0 Å². The van der Waals surface area contributed by atoms with Gasteiger partial charge in [-0.05, 0) is 19.3 Å². The Labute approximate surface area is 414 Å². The van der Waals surface area contributed by atoms with Gasteiger partial charge in [0.15, 0.2) is 6.29 Å². The number of carbonyl (C=O) groups excluding carboxylic acids is 1. The predicted molar refractivity (Wildman–Crippen MR) is 281 cm³/mol. The third kappa shape index (κ3) is 38.3. The van der Waals surface area contributed by atoms with E-state index in [9.17, 15) is 30.3 Å². The van der Waals surface area contributed by atoms with Gasteiger partial charge in [-0.1, -0.05) is 283 Å². The molecule has 0 saturated carbocycles. The van der Waals surface area contributed by atoms with Crippen molar-refractivity contribution in [3.63, 3.8) is 0 Å². The van der Waals surface area contributed by atoms with Gasteiger partial charge in [0, 0.05) is 6.42 Å². The number of hydrogen-bond donors (Lipinski definition) is 6. The van der Waals surface area contributed by atoms with Gasteiger partial charge in [0.25, 0.3) is 0 Å². The zero-order chi connectivity index (χ0) is 48.7. The Morgan fingerprint density at radius 3 is 1.16 bits per heavy atom. The third-order valence-corrected chi connectivity index (χ3v) is 14.4. The van der Waals surface area contributed by atoms with Gasteiger partial charge in [0.1, 0.15) is 24.4 Å². The fourth-order valence-electron chi connectivity index (χ4n) is 9.69. The molecule has 1 aliphatic rings. The number of ether oxygens (including phenoxy) is 2. The molecule has 0 aromatic carbocycles. The number of nitrogens with one attached hydrogen (secondary N) is 1. The molecule has 1 rings (SSSR count). The summed E-state index contributed by atoms with van der Waals surface area (Å²) in [7, 11) is 0. The number of allylic oxidation sites excluding steroid dienone is 1. The van der Waals surface area contributed by atoms with Crippen molar-refractivity contribution in [1.82, 2.24) is 5.32 Å². The van der Waals surface area contributed by atoms with E-state index >= 15 is 0 Å². The van der Waals surface area contributed by atoms with E-state index in [2.05, 4.69) is 19.2 Å². The summed E-state index contributed by atoms with van der Waals surface area (Å²) >= 11 is 0. The fourth-order valence-corrected chi connectivity index (χ4v) is 9.69. The highest BCUT2D eigenvalue weighted by molar-refractivity contribution is 5.76. The fraction of sp³-hybridized carbons (Fsp3) is 0.948. The second-order valence-electron chi connectivity index (χ2n) is 20.8. The van der Waals surface area contributed by atoms with Crippen molar-refractivity contribution in [2.75, 3.05) is 13.2 Å². The lowest BCUT2D eigenvalue weighted by atomic mass is 9.99. The number of unbranched alkanes of at least 4 members (excludes halogenated alkanes) is 41. The lowest BCUT2D eigenvalue weighted by Gasteiger charge is -2.40. The van der Waals surface area contributed by atoms with Crippen LogP contribution in [-0.2, 0) is 14.3 Å². The standard InChI is InChI=1S/C58H113NO8/c1-3-5-7-9-11-13-15-17-18-19-20-21-22-23-24-25-26-27-28-29-30-31-32-33-34-36-37-39-41-43-45-47-52(61)51(50-66-58-57(65)56(64)55(63)53(49-60)67-58)59-54(62)48-46-44-42-40-38-35-16-14-12-10-8-6-4-2/h45,47,51-53,55-58,60-61,63-65H,3-44,46,48-50H2,1-2H3,(H,59,62)/b47-45+. The summed E-state index contributed by atoms with van der Waals surface area (Å²) in [6.45, 7) is 3.81. The maximum absolute atomic E-state index is 13.0. The first-order valence-corrected chi connectivity index (χ1v) is 29.4. The van der Waals surface area contributed by atoms with E-state index in [1.807, 2.05) is 6.08 Å².